The lowest BCUT2D eigenvalue weighted by Crippen LogP contribution is -2.42. The average Bonchev–Trinajstić information content (AvgIpc) is 2.90. The van der Waals surface area contributed by atoms with Crippen LogP contribution in [0.2, 0.25) is 0 Å². The lowest BCUT2D eigenvalue weighted by molar-refractivity contribution is -0.122. The molecular weight excluding hydrogens is 258 g/mol. The van der Waals surface area contributed by atoms with E-state index in [4.69, 9.17) is 0 Å². The van der Waals surface area contributed by atoms with Gasteiger partial charge >= 0.3 is 0 Å². The van der Waals surface area contributed by atoms with Crippen molar-refractivity contribution in [2.45, 2.75) is 32.6 Å². The van der Waals surface area contributed by atoms with E-state index >= 15 is 0 Å². The standard InChI is InChI=1S/C19H21NO/c1-14-8-10-16(11-9-14)19(2,3)18(21)20-13-12-15-6-4-5-7-17(15)20/h4-11H,12-13H2,1-3H3. The van der Waals surface area contributed by atoms with Crippen molar-refractivity contribution in [3.63, 3.8) is 0 Å². The van der Waals surface area contributed by atoms with Crippen LogP contribution < -0.4 is 4.90 Å². The molecule has 0 N–H and O–H groups in total. The summed E-state index contributed by atoms with van der Waals surface area (Å²) in [5, 5.41) is 0. The lowest BCUT2D eigenvalue weighted by Gasteiger charge is -2.30. The molecule has 1 aliphatic heterocycles. The van der Waals surface area contributed by atoms with Gasteiger partial charge in [-0.3, -0.25) is 4.79 Å². The Balaban J connectivity index is 1.93. The third kappa shape index (κ3) is 2.35. The Bertz CT molecular complexity index is 670. The van der Waals surface area contributed by atoms with Crippen LogP contribution in [-0.2, 0) is 16.6 Å². The zero-order chi connectivity index (χ0) is 15.0. The van der Waals surface area contributed by atoms with Crippen molar-refractivity contribution in [3.05, 3.63) is 65.2 Å². The molecule has 1 heterocycles. The molecule has 0 saturated carbocycles. The van der Waals surface area contributed by atoms with Gasteiger partial charge in [-0.25, -0.2) is 0 Å². The van der Waals surface area contributed by atoms with Crippen LogP contribution in [-0.4, -0.2) is 12.5 Å². The Kier molecular flexibility index (Phi) is 3.32. The minimum Gasteiger partial charge on any atom is -0.311 e. The maximum Gasteiger partial charge on any atom is 0.237 e. The highest BCUT2D eigenvalue weighted by molar-refractivity contribution is 6.02. The molecule has 0 bridgehead atoms. The maximum atomic E-state index is 13.0. The summed E-state index contributed by atoms with van der Waals surface area (Å²) in [6, 6.07) is 16.5. The molecule has 1 amide bonds. The highest BCUT2D eigenvalue weighted by Gasteiger charge is 2.36. The second kappa shape index (κ2) is 5.03. The summed E-state index contributed by atoms with van der Waals surface area (Å²) in [6.45, 7) is 6.88. The van der Waals surface area contributed by atoms with Crippen LogP contribution in [0.5, 0.6) is 0 Å². The lowest BCUT2D eigenvalue weighted by atomic mass is 9.83. The second-order valence-electron chi connectivity index (χ2n) is 6.33. The summed E-state index contributed by atoms with van der Waals surface area (Å²) >= 11 is 0. The molecule has 0 spiro atoms. The van der Waals surface area contributed by atoms with Crippen LogP contribution in [0.15, 0.2) is 48.5 Å². The first kappa shape index (κ1) is 13.9. The number of rotatable bonds is 2. The molecule has 2 nitrogen and oxygen atoms in total. The number of aryl methyl sites for hydroxylation is 1. The molecule has 2 heteroatoms. The number of carbonyl (C=O) groups excluding carboxylic acids is 1. The summed E-state index contributed by atoms with van der Waals surface area (Å²) in [4.78, 5) is 15.0. The molecule has 0 aliphatic carbocycles. The molecule has 108 valence electrons. The summed E-state index contributed by atoms with van der Waals surface area (Å²) in [6.07, 6.45) is 0.950. The van der Waals surface area contributed by atoms with Crippen LogP contribution in [0.4, 0.5) is 5.69 Å². The Hall–Kier alpha value is -2.09. The van der Waals surface area contributed by atoms with Crippen molar-refractivity contribution < 1.29 is 4.79 Å². The van der Waals surface area contributed by atoms with Gasteiger partial charge in [-0.05, 0) is 44.4 Å². The van der Waals surface area contributed by atoms with Crippen molar-refractivity contribution in [1.82, 2.24) is 0 Å². The summed E-state index contributed by atoms with van der Waals surface area (Å²) in [5.41, 5.74) is 4.12. The fourth-order valence-electron chi connectivity index (χ4n) is 2.98. The van der Waals surface area contributed by atoms with Gasteiger partial charge in [0, 0.05) is 12.2 Å². The molecule has 0 radical (unpaired) electrons. The van der Waals surface area contributed by atoms with Gasteiger partial charge in [0.1, 0.15) is 0 Å². The van der Waals surface area contributed by atoms with Crippen molar-refractivity contribution >= 4 is 11.6 Å². The van der Waals surface area contributed by atoms with Crippen LogP contribution >= 0.6 is 0 Å². The molecule has 2 aromatic rings. The van der Waals surface area contributed by atoms with E-state index in [1.54, 1.807) is 0 Å². The molecule has 0 unspecified atom stereocenters. The van der Waals surface area contributed by atoms with Crippen LogP contribution in [0.25, 0.3) is 0 Å². The Labute approximate surface area is 126 Å². The first-order chi connectivity index (χ1) is 10.00. The third-order valence-corrected chi connectivity index (χ3v) is 4.44. The highest BCUT2D eigenvalue weighted by atomic mass is 16.2. The normalized spacial score (nSPS) is 14.1. The number of fused-ring (bicyclic) bond motifs is 1. The molecule has 0 saturated heterocycles. The second-order valence-corrected chi connectivity index (χ2v) is 6.33. The number of anilines is 1. The maximum absolute atomic E-state index is 13.0. The SMILES string of the molecule is Cc1ccc(C(C)(C)C(=O)N2CCc3ccccc32)cc1. The van der Waals surface area contributed by atoms with Gasteiger partial charge in [-0.15, -0.1) is 0 Å². The van der Waals surface area contributed by atoms with Gasteiger partial charge in [0.15, 0.2) is 0 Å². The molecular formula is C19H21NO. The van der Waals surface area contributed by atoms with E-state index in [2.05, 4.69) is 37.3 Å². The van der Waals surface area contributed by atoms with Crippen molar-refractivity contribution in [3.8, 4) is 0 Å². The van der Waals surface area contributed by atoms with E-state index in [9.17, 15) is 4.79 Å². The van der Waals surface area contributed by atoms with Crippen LogP contribution in [0.3, 0.4) is 0 Å². The quantitative estimate of drug-likeness (QED) is 0.817. The number of carbonyl (C=O) groups is 1. The number of amides is 1. The molecule has 2 aromatic carbocycles. The number of benzene rings is 2. The first-order valence-corrected chi connectivity index (χ1v) is 7.47. The third-order valence-electron chi connectivity index (χ3n) is 4.44. The van der Waals surface area contributed by atoms with Gasteiger partial charge < -0.3 is 4.90 Å². The van der Waals surface area contributed by atoms with E-state index in [0.717, 1.165) is 24.2 Å². The average molecular weight is 279 g/mol. The smallest absolute Gasteiger partial charge is 0.237 e. The van der Waals surface area contributed by atoms with Gasteiger partial charge in [-0.2, -0.15) is 0 Å². The Morgan fingerprint density at radius 3 is 2.43 bits per heavy atom. The summed E-state index contributed by atoms with van der Waals surface area (Å²) in [5.74, 6) is 0.177. The van der Waals surface area contributed by atoms with Crippen LogP contribution in [0, 0.1) is 6.92 Å². The Morgan fingerprint density at radius 1 is 1.05 bits per heavy atom. The van der Waals surface area contributed by atoms with E-state index in [0.29, 0.717) is 0 Å². The Morgan fingerprint density at radius 2 is 1.71 bits per heavy atom. The molecule has 0 fully saturated rings. The van der Waals surface area contributed by atoms with Gasteiger partial charge in [0.05, 0.1) is 5.41 Å². The van der Waals surface area contributed by atoms with Crippen LogP contribution in [0.1, 0.15) is 30.5 Å². The van der Waals surface area contributed by atoms with Gasteiger partial charge in [-0.1, -0.05) is 48.0 Å². The number of hydrogen-bond donors (Lipinski definition) is 0. The topological polar surface area (TPSA) is 20.3 Å². The minimum absolute atomic E-state index is 0.177. The van der Waals surface area contributed by atoms with Crippen molar-refractivity contribution in [1.29, 1.82) is 0 Å². The molecule has 1 aliphatic rings. The van der Waals surface area contributed by atoms with Crippen molar-refractivity contribution in [2.75, 3.05) is 11.4 Å². The minimum atomic E-state index is -0.509. The van der Waals surface area contributed by atoms with E-state index in [1.165, 1.54) is 11.1 Å². The largest absolute Gasteiger partial charge is 0.311 e. The number of nitrogens with zero attached hydrogens (tertiary/aromatic N) is 1. The summed E-state index contributed by atoms with van der Waals surface area (Å²) < 4.78 is 0. The molecule has 3 rings (SSSR count). The van der Waals surface area contributed by atoms with E-state index in [-0.39, 0.29) is 5.91 Å². The molecule has 0 aromatic heterocycles. The predicted octanol–water partition coefficient (Wildman–Crippen LogP) is 3.86. The van der Waals surface area contributed by atoms with Gasteiger partial charge in [0.25, 0.3) is 0 Å². The van der Waals surface area contributed by atoms with E-state index in [1.807, 2.05) is 36.9 Å². The number of hydrogen-bond acceptors (Lipinski definition) is 1. The molecule has 0 atom stereocenters. The molecule has 21 heavy (non-hydrogen) atoms. The zero-order valence-corrected chi connectivity index (χ0v) is 12.9. The first-order valence-electron chi connectivity index (χ1n) is 7.47. The summed E-state index contributed by atoms with van der Waals surface area (Å²) in [7, 11) is 0. The fraction of sp³-hybridized carbons (Fsp3) is 0.316. The number of para-hydroxylation sites is 1. The van der Waals surface area contributed by atoms with Crippen molar-refractivity contribution in [2.24, 2.45) is 0 Å². The monoisotopic (exact) mass is 279 g/mol. The fourth-order valence-corrected chi connectivity index (χ4v) is 2.98. The van der Waals surface area contributed by atoms with E-state index < -0.39 is 5.41 Å². The van der Waals surface area contributed by atoms with Gasteiger partial charge in [0.2, 0.25) is 5.91 Å². The zero-order valence-electron chi connectivity index (χ0n) is 12.9. The predicted molar refractivity (Wildman–Crippen MR) is 86.7 cm³/mol. The highest BCUT2D eigenvalue weighted by Crippen LogP contribution is 2.33.